The number of fused-ring (bicyclic) bond motifs is 1. The Kier molecular flexibility index (Phi) is 8.01. The quantitative estimate of drug-likeness (QED) is 0.473. The number of benzene rings is 2. The molecular formula is C25H34ClN3S. The first-order valence-corrected chi connectivity index (χ1v) is 11.9. The van der Waals surface area contributed by atoms with Crippen LogP contribution in [0.1, 0.15) is 56.7 Å². The summed E-state index contributed by atoms with van der Waals surface area (Å²) in [4.78, 5) is 4.82. The molecule has 2 aromatic carbocycles. The van der Waals surface area contributed by atoms with Gasteiger partial charge in [-0.2, -0.15) is 0 Å². The van der Waals surface area contributed by atoms with Crippen LogP contribution in [-0.4, -0.2) is 29.1 Å². The van der Waals surface area contributed by atoms with Crippen LogP contribution in [0.5, 0.6) is 0 Å². The third-order valence-electron chi connectivity index (χ3n) is 6.01. The number of aryl methyl sites for hydroxylation is 2. The minimum atomic E-state index is 0.346. The number of rotatable bonds is 7. The van der Waals surface area contributed by atoms with Gasteiger partial charge in [0, 0.05) is 42.1 Å². The van der Waals surface area contributed by atoms with E-state index >= 15 is 0 Å². The van der Waals surface area contributed by atoms with E-state index in [0.29, 0.717) is 6.04 Å². The predicted molar refractivity (Wildman–Crippen MR) is 135 cm³/mol. The first kappa shape index (κ1) is 22.9. The molecule has 3 rings (SSSR count). The van der Waals surface area contributed by atoms with Crippen LogP contribution in [0.2, 0.25) is 5.02 Å². The molecule has 0 fully saturated rings. The monoisotopic (exact) mass is 443 g/mol. The van der Waals surface area contributed by atoms with E-state index in [-0.39, 0.29) is 0 Å². The largest absolute Gasteiger partial charge is 0.371 e. The van der Waals surface area contributed by atoms with Crippen LogP contribution in [-0.2, 0) is 13.0 Å². The van der Waals surface area contributed by atoms with E-state index in [9.17, 15) is 0 Å². The fraction of sp³-hybridized carbons (Fsp3) is 0.480. The molecule has 0 bridgehead atoms. The van der Waals surface area contributed by atoms with Crippen LogP contribution >= 0.6 is 23.8 Å². The van der Waals surface area contributed by atoms with Crippen molar-refractivity contribution in [3.8, 4) is 0 Å². The van der Waals surface area contributed by atoms with Gasteiger partial charge in [-0.15, -0.1) is 0 Å². The molecule has 30 heavy (non-hydrogen) atoms. The molecule has 0 radical (unpaired) electrons. The van der Waals surface area contributed by atoms with Gasteiger partial charge in [-0.1, -0.05) is 43.6 Å². The number of nitrogens with one attached hydrogen (secondary N) is 1. The van der Waals surface area contributed by atoms with E-state index in [2.05, 4.69) is 54.1 Å². The molecule has 0 aromatic heterocycles. The molecule has 162 valence electrons. The molecule has 3 nitrogen and oxygen atoms in total. The Morgan fingerprint density at radius 1 is 1.23 bits per heavy atom. The second kappa shape index (κ2) is 10.5. The highest BCUT2D eigenvalue weighted by molar-refractivity contribution is 7.80. The lowest BCUT2D eigenvalue weighted by atomic mass is 9.98. The normalized spacial score (nSPS) is 14.2. The fourth-order valence-corrected chi connectivity index (χ4v) is 4.58. The van der Waals surface area contributed by atoms with E-state index in [1.165, 1.54) is 36.2 Å². The van der Waals surface area contributed by atoms with Gasteiger partial charge in [0.05, 0.1) is 0 Å². The van der Waals surface area contributed by atoms with Crippen molar-refractivity contribution in [2.75, 3.05) is 23.3 Å². The maximum atomic E-state index is 6.30. The molecule has 1 aliphatic heterocycles. The third kappa shape index (κ3) is 5.47. The van der Waals surface area contributed by atoms with Crippen molar-refractivity contribution < 1.29 is 0 Å². The summed E-state index contributed by atoms with van der Waals surface area (Å²) in [6.07, 6.45) is 4.62. The minimum absolute atomic E-state index is 0.346. The highest BCUT2D eigenvalue weighted by Gasteiger charge is 2.20. The maximum absolute atomic E-state index is 6.30. The Balaban J connectivity index is 1.77. The molecule has 1 unspecified atom stereocenters. The first-order chi connectivity index (χ1) is 14.4. The van der Waals surface area contributed by atoms with Gasteiger partial charge in [-0.25, -0.2) is 0 Å². The summed E-state index contributed by atoms with van der Waals surface area (Å²) in [5.74, 6) is 0. The fourth-order valence-electron chi connectivity index (χ4n) is 4.04. The van der Waals surface area contributed by atoms with Crippen LogP contribution in [0.15, 0.2) is 36.4 Å². The Morgan fingerprint density at radius 3 is 2.73 bits per heavy atom. The van der Waals surface area contributed by atoms with Gasteiger partial charge in [-0.05, 0) is 86.6 Å². The standard InChI is InChI=1S/C25H34ClN3S/c1-5-13-28-14-7-8-21-15-20(10-12-24(21)28)17-29(19(4)6-2)25(30)27-22-11-9-18(3)23(26)16-22/h9-12,15-16,19H,5-8,13-14,17H2,1-4H3,(H,27,30). The molecule has 1 atom stereocenters. The second-order valence-corrected chi connectivity index (χ2v) is 9.13. The molecule has 0 spiro atoms. The molecule has 5 heteroatoms. The molecule has 0 aliphatic carbocycles. The van der Waals surface area contributed by atoms with Crippen molar-refractivity contribution in [1.82, 2.24) is 4.90 Å². The summed E-state index contributed by atoms with van der Waals surface area (Å²) in [7, 11) is 0. The topological polar surface area (TPSA) is 18.5 Å². The number of halogens is 1. The summed E-state index contributed by atoms with van der Waals surface area (Å²) in [5, 5.41) is 4.90. The molecule has 1 N–H and O–H groups in total. The number of nitrogens with zero attached hydrogens (tertiary/aromatic N) is 2. The Morgan fingerprint density at radius 2 is 2.03 bits per heavy atom. The van der Waals surface area contributed by atoms with Gasteiger partial charge in [0.25, 0.3) is 0 Å². The van der Waals surface area contributed by atoms with Crippen LogP contribution in [0, 0.1) is 6.92 Å². The van der Waals surface area contributed by atoms with Crippen molar-refractivity contribution in [3.05, 3.63) is 58.1 Å². The van der Waals surface area contributed by atoms with E-state index in [4.69, 9.17) is 23.8 Å². The minimum Gasteiger partial charge on any atom is -0.371 e. The zero-order chi connectivity index (χ0) is 21.7. The van der Waals surface area contributed by atoms with E-state index in [0.717, 1.165) is 47.3 Å². The van der Waals surface area contributed by atoms with Crippen LogP contribution in [0.4, 0.5) is 11.4 Å². The van der Waals surface area contributed by atoms with Gasteiger partial charge in [0.1, 0.15) is 0 Å². The van der Waals surface area contributed by atoms with Crippen molar-refractivity contribution >= 4 is 40.3 Å². The van der Waals surface area contributed by atoms with Crippen LogP contribution < -0.4 is 10.2 Å². The van der Waals surface area contributed by atoms with Crippen molar-refractivity contribution in [2.24, 2.45) is 0 Å². The first-order valence-electron chi connectivity index (χ1n) is 11.1. The molecular weight excluding hydrogens is 410 g/mol. The summed E-state index contributed by atoms with van der Waals surface area (Å²) >= 11 is 12.1. The number of hydrogen-bond acceptors (Lipinski definition) is 2. The molecule has 2 aromatic rings. The Labute approximate surface area is 192 Å². The van der Waals surface area contributed by atoms with Gasteiger partial charge < -0.3 is 15.1 Å². The predicted octanol–water partition coefficient (Wildman–Crippen LogP) is 6.81. The van der Waals surface area contributed by atoms with Crippen molar-refractivity contribution in [3.63, 3.8) is 0 Å². The van der Waals surface area contributed by atoms with Gasteiger partial charge in [0.15, 0.2) is 5.11 Å². The highest BCUT2D eigenvalue weighted by Crippen LogP contribution is 2.29. The molecule has 0 saturated heterocycles. The molecule has 1 heterocycles. The highest BCUT2D eigenvalue weighted by atomic mass is 35.5. The molecule has 0 saturated carbocycles. The zero-order valence-electron chi connectivity index (χ0n) is 18.7. The van der Waals surface area contributed by atoms with Gasteiger partial charge in [0.2, 0.25) is 0 Å². The lowest BCUT2D eigenvalue weighted by Gasteiger charge is -2.34. The summed E-state index contributed by atoms with van der Waals surface area (Å²) in [6, 6.07) is 13.3. The second-order valence-electron chi connectivity index (χ2n) is 8.33. The SMILES string of the molecule is CCCN1CCCc2cc(CN(C(=S)Nc3ccc(C)c(Cl)c3)C(C)CC)ccc21. The third-order valence-corrected chi connectivity index (χ3v) is 6.76. The average molecular weight is 444 g/mol. The molecule has 1 aliphatic rings. The van der Waals surface area contributed by atoms with Crippen LogP contribution in [0.25, 0.3) is 0 Å². The number of hydrogen-bond donors (Lipinski definition) is 1. The number of thiocarbonyl (C=S) groups is 1. The summed E-state index contributed by atoms with van der Waals surface area (Å²) in [5.41, 5.74) is 6.21. The summed E-state index contributed by atoms with van der Waals surface area (Å²) in [6.45, 7) is 11.8. The van der Waals surface area contributed by atoms with Gasteiger partial charge in [-0.3, -0.25) is 0 Å². The van der Waals surface area contributed by atoms with Crippen molar-refractivity contribution in [1.29, 1.82) is 0 Å². The zero-order valence-corrected chi connectivity index (χ0v) is 20.2. The smallest absolute Gasteiger partial charge is 0.173 e. The van der Waals surface area contributed by atoms with E-state index in [1.807, 2.05) is 25.1 Å². The Bertz CT molecular complexity index is 883. The summed E-state index contributed by atoms with van der Waals surface area (Å²) < 4.78 is 0. The van der Waals surface area contributed by atoms with E-state index < -0.39 is 0 Å². The molecule has 0 amide bonds. The van der Waals surface area contributed by atoms with E-state index in [1.54, 1.807) is 0 Å². The van der Waals surface area contributed by atoms with Crippen LogP contribution in [0.3, 0.4) is 0 Å². The lowest BCUT2D eigenvalue weighted by Crippen LogP contribution is -2.40. The maximum Gasteiger partial charge on any atom is 0.173 e. The van der Waals surface area contributed by atoms with Gasteiger partial charge >= 0.3 is 0 Å². The van der Waals surface area contributed by atoms with Crippen molar-refractivity contribution in [2.45, 2.75) is 66.0 Å². The lowest BCUT2D eigenvalue weighted by molar-refractivity contribution is 0.319. The average Bonchev–Trinajstić information content (AvgIpc) is 2.74. The number of anilines is 2. The Hall–Kier alpha value is -1.78.